The Morgan fingerprint density at radius 1 is 1.26 bits per heavy atom. The molecule has 0 aliphatic heterocycles. The van der Waals surface area contributed by atoms with Gasteiger partial charge in [-0.2, -0.15) is 0 Å². The van der Waals surface area contributed by atoms with Crippen molar-refractivity contribution in [2.45, 2.75) is 19.4 Å². The van der Waals surface area contributed by atoms with Crippen molar-refractivity contribution in [3.05, 3.63) is 35.4 Å². The second-order valence-corrected chi connectivity index (χ2v) is 5.32. The predicted octanol–water partition coefficient (Wildman–Crippen LogP) is 0.856. The van der Waals surface area contributed by atoms with E-state index in [1.165, 1.54) is 4.90 Å². The zero-order chi connectivity index (χ0) is 14.6. The minimum absolute atomic E-state index is 0.132. The maximum absolute atomic E-state index is 12.1. The summed E-state index contributed by atoms with van der Waals surface area (Å²) in [6.07, 6.45) is 0. The molecule has 0 aromatic heterocycles. The monoisotopic (exact) mass is 263 g/mol. The normalized spacial score (nSPS) is 11.0. The number of nitrogens with zero attached hydrogens (tertiary/aromatic N) is 1. The van der Waals surface area contributed by atoms with Gasteiger partial charge >= 0.3 is 0 Å². The number of carbonyl (C=O) groups excluding carboxylic acids is 2. The van der Waals surface area contributed by atoms with Crippen LogP contribution in [0.15, 0.2) is 24.3 Å². The van der Waals surface area contributed by atoms with Crippen molar-refractivity contribution in [2.24, 2.45) is 5.73 Å². The van der Waals surface area contributed by atoms with Crippen LogP contribution in [0.4, 0.5) is 0 Å². The Hall–Kier alpha value is -1.88. The Labute approximate surface area is 113 Å². The molecule has 0 atom stereocenters. The standard InChI is InChI=1S/C14H21N3O2/c1-14(2,9-15)16-12(18)10-6-5-7-11(8-10)13(19)17(3)4/h5-8H,9,15H2,1-4H3,(H,16,18). The highest BCUT2D eigenvalue weighted by Gasteiger charge is 2.20. The first-order valence-electron chi connectivity index (χ1n) is 6.11. The van der Waals surface area contributed by atoms with Crippen LogP contribution in [0, 0.1) is 0 Å². The smallest absolute Gasteiger partial charge is 0.253 e. The van der Waals surface area contributed by atoms with E-state index in [0.717, 1.165) is 0 Å². The summed E-state index contributed by atoms with van der Waals surface area (Å²) in [5, 5.41) is 2.83. The van der Waals surface area contributed by atoms with Gasteiger partial charge in [-0.3, -0.25) is 9.59 Å². The van der Waals surface area contributed by atoms with E-state index in [2.05, 4.69) is 5.32 Å². The predicted molar refractivity (Wildman–Crippen MR) is 75.1 cm³/mol. The SMILES string of the molecule is CN(C)C(=O)c1cccc(C(=O)NC(C)(C)CN)c1. The first kappa shape index (κ1) is 15.2. The average Bonchev–Trinajstić information content (AvgIpc) is 2.37. The minimum Gasteiger partial charge on any atom is -0.346 e. The summed E-state index contributed by atoms with van der Waals surface area (Å²) in [4.78, 5) is 25.4. The number of rotatable bonds is 4. The summed E-state index contributed by atoms with van der Waals surface area (Å²) in [5.74, 6) is -0.364. The van der Waals surface area contributed by atoms with Crippen LogP contribution in [0.2, 0.25) is 0 Å². The maximum Gasteiger partial charge on any atom is 0.253 e. The van der Waals surface area contributed by atoms with Crippen LogP contribution >= 0.6 is 0 Å². The molecule has 0 fully saturated rings. The fraction of sp³-hybridized carbons (Fsp3) is 0.429. The van der Waals surface area contributed by atoms with Crippen molar-refractivity contribution in [3.63, 3.8) is 0 Å². The maximum atomic E-state index is 12.1. The molecule has 1 aromatic rings. The topological polar surface area (TPSA) is 75.4 Å². The Bertz CT molecular complexity index is 481. The molecule has 0 heterocycles. The quantitative estimate of drug-likeness (QED) is 0.846. The highest BCUT2D eigenvalue weighted by atomic mass is 16.2. The number of amides is 2. The number of nitrogens with two attached hydrogens (primary N) is 1. The molecule has 0 aliphatic rings. The van der Waals surface area contributed by atoms with Crippen molar-refractivity contribution < 1.29 is 9.59 Å². The lowest BCUT2D eigenvalue weighted by molar-refractivity contribution is 0.0827. The molecular formula is C14H21N3O2. The molecule has 0 unspecified atom stereocenters. The second-order valence-electron chi connectivity index (χ2n) is 5.32. The lowest BCUT2D eigenvalue weighted by Gasteiger charge is -2.24. The van der Waals surface area contributed by atoms with Crippen LogP contribution in [0.1, 0.15) is 34.6 Å². The van der Waals surface area contributed by atoms with E-state index in [1.54, 1.807) is 38.4 Å². The summed E-state index contributed by atoms with van der Waals surface area (Å²) >= 11 is 0. The van der Waals surface area contributed by atoms with E-state index in [1.807, 2.05) is 13.8 Å². The van der Waals surface area contributed by atoms with Crippen molar-refractivity contribution in [2.75, 3.05) is 20.6 Å². The molecular weight excluding hydrogens is 242 g/mol. The lowest BCUT2D eigenvalue weighted by Crippen LogP contribution is -2.48. The van der Waals surface area contributed by atoms with Gasteiger partial charge in [-0.25, -0.2) is 0 Å². The van der Waals surface area contributed by atoms with E-state index >= 15 is 0 Å². The van der Waals surface area contributed by atoms with Gasteiger partial charge in [-0.1, -0.05) is 6.07 Å². The van der Waals surface area contributed by atoms with Gasteiger partial charge < -0.3 is 16.0 Å². The Kier molecular flexibility index (Phi) is 4.67. The number of hydrogen-bond acceptors (Lipinski definition) is 3. The molecule has 5 nitrogen and oxygen atoms in total. The Morgan fingerprint density at radius 2 is 1.84 bits per heavy atom. The van der Waals surface area contributed by atoms with E-state index < -0.39 is 5.54 Å². The van der Waals surface area contributed by atoms with Crippen LogP contribution in [0.5, 0.6) is 0 Å². The Balaban J connectivity index is 2.94. The van der Waals surface area contributed by atoms with Gasteiger partial charge in [-0.15, -0.1) is 0 Å². The molecule has 1 aromatic carbocycles. The van der Waals surface area contributed by atoms with Gasteiger partial charge in [0.05, 0.1) is 0 Å². The third-order valence-electron chi connectivity index (χ3n) is 2.74. The summed E-state index contributed by atoms with van der Waals surface area (Å²) in [6.45, 7) is 4.04. The second kappa shape index (κ2) is 5.84. The number of hydrogen-bond donors (Lipinski definition) is 2. The molecule has 2 amide bonds. The highest BCUT2D eigenvalue weighted by molar-refractivity contribution is 5.99. The van der Waals surface area contributed by atoms with Crippen LogP contribution in [-0.4, -0.2) is 42.9 Å². The Morgan fingerprint density at radius 3 is 2.37 bits per heavy atom. The van der Waals surface area contributed by atoms with E-state index in [-0.39, 0.29) is 11.8 Å². The average molecular weight is 263 g/mol. The lowest BCUT2D eigenvalue weighted by atomic mass is 10.0. The van der Waals surface area contributed by atoms with Gasteiger partial charge in [0.15, 0.2) is 0 Å². The highest BCUT2D eigenvalue weighted by Crippen LogP contribution is 2.09. The number of nitrogens with one attached hydrogen (secondary N) is 1. The molecule has 0 bridgehead atoms. The minimum atomic E-state index is -0.474. The molecule has 3 N–H and O–H groups in total. The molecule has 104 valence electrons. The zero-order valence-corrected chi connectivity index (χ0v) is 11.9. The molecule has 0 spiro atoms. The van der Waals surface area contributed by atoms with Crippen molar-refractivity contribution in [3.8, 4) is 0 Å². The summed E-state index contributed by atoms with van der Waals surface area (Å²) in [5.41, 5.74) is 6.04. The van der Waals surface area contributed by atoms with Crippen molar-refractivity contribution >= 4 is 11.8 Å². The zero-order valence-electron chi connectivity index (χ0n) is 11.9. The number of carbonyl (C=O) groups is 2. The fourth-order valence-electron chi connectivity index (χ4n) is 1.48. The van der Waals surface area contributed by atoms with Crippen LogP contribution in [0.3, 0.4) is 0 Å². The largest absolute Gasteiger partial charge is 0.346 e. The molecule has 19 heavy (non-hydrogen) atoms. The summed E-state index contributed by atoms with van der Waals surface area (Å²) in [6, 6.07) is 6.65. The van der Waals surface area contributed by atoms with E-state index in [4.69, 9.17) is 5.73 Å². The van der Waals surface area contributed by atoms with Crippen molar-refractivity contribution in [1.29, 1.82) is 0 Å². The van der Waals surface area contributed by atoms with Gasteiger partial charge in [0.1, 0.15) is 0 Å². The number of benzene rings is 1. The molecule has 0 aliphatic carbocycles. The van der Waals surface area contributed by atoms with Crippen molar-refractivity contribution in [1.82, 2.24) is 10.2 Å². The van der Waals surface area contributed by atoms with Gasteiger partial charge in [0.25, 0.3) is 11.8 Å². The third kappa shape index (κ3) is 4.06. The first-order valence-corrected chi connectivity index (χ1v) is 6.11. The fourth-order valence-corrected chi connectivity index (χ4v) is 1.48. The summed E-state index contributed by atoms with van der Waals surface area (Å²) in [7, 11) is 3.35. The van der Waals surface area contributed by atoms with E-state index in [9.17, 15) is 9.59 Å². The molecule has 5 heteroatoms. The van der Waals surface area contributed by atoms with Gasteiger partial charge in [0.2, 0.25) is 0 Å². The summed E-state index contributed by atoms with van der Waals surface area (Å²) < 4.78 is 0. The van der Waals surface area contributed by atoms with E-state index in [0.29, 0.717) is 17.7 Å². The van der Waals surface area contributed by atoms with Crippen LogP contribution < -0.4 is 11.1 Å². The molecule has 0 radical (unpaired) electrons. The van der Waals surface area contributed by atoms with Gasteiger partial charge in [-0.05, 0) is 32.0 Å². The molecule has 1 rings (SSSR count). The van der Waals surface area contributed by atoms with Crippen LogP contribution in [0.25, 0.3) is 0 Å². The van der Waals surface area contributed by atoms with Gasteiger partial charge in [0, 0.05) is 37.3 Å². The third-order valence-corrected chi connectivity index (χ3v) is 2.74. The molecule has 0 saturated carbocycles. The van der Waals surface area contributed by atoms with Crippen LogP contribution in [-0.2, 0) is 0 Å². The first-order chi connectivity index (χ1) is 8.76. The molecule has 0 saturated heterocycles.